The molecule has 0 bridgehead atoms. The number of thioether (sulfide) groups is 1. The summed E-state index contributed by atoms with van der Waals surface area (Å²) in [5.41, 5.74) is 0.336. The quantitative estimate of drug-likeness (QED) is 0.671. The highest BCUT2D eigenvalue weighted by atomic mass is 35.5. The van der Waals surface area contributed by atoms with Gasteiger partial charge in [-0.2, -0.15) is 11.8 Å². The van der Waals surface area contributed by atoms with Crippen molar-refractivity contribution in [1.29, 1.82) is 0 Å². The molecule has 0 fully saturated rings. The van der Waals surface area contributed by atoms with E-state index in [2.05, 4.69) is 10.6 Å². The standard InChI is InChI=1S/C14H19ClN2O3S/c1-21-9-6-12(14(20)16-7-8-18)17-13(19)10-4-2-3-5-11(10)15/h2-5,12,18H,6-9H2,1H3,(H,16,20)(H,17,19). The van der Waals surface area contributed by atoms with Gasteiger partial charge in [0.25, 0.3) is 5.91 Å². The van der Waals surface area contributed by atoms with Gasteiger partial charge in [-0.1, -0.05) is 23.7 Å². The summed E-state index contributed by atoms with van der Waals surface area (Å²) in [5.74, 6) is 0.0457. The fraction of sp³-hybridized carbons (Fsp3) is 0.429. The summed E-state index contributed by atoms with van der Waals surface area (Å²) in [6, 6.07) is 6.03. The Balaban J connectivity index is 2.73. The predicted octanol–water partition coefficient (Wildman–Crippen LogP) is 1.30. The molecule has 116 valence electrons. The number of benzene rings is 1. The van der Waals surface area contributed by atoms with Crippen LogP contribution in [0.5, 0.6) is 0 Å². The lowest BCUT2D eigenvalue weighted by Gasteiger charge is -2.18. The summed E-state index contributed by atoms with van der Waals surface area (Å²) in [5, 5.41) is 14.3. The van der Waals surface area contributed by atoms with Crippen molar-refractivity contribution in [2.45, 2.75) is 12.5 Å². The van der Waals surface area contributed by atoms with Crippen LogP contribution in [0.1, 0.15) is 16.8 Å². The Morgan fingerprint density at radius 3 is 2.71 bits per heavy atom. The zero-order valence-electron chi connectivity index (χ0n) is 11.8. The van der Waals surface area contributed by atoms with Crippen LogP contribution in [0, 0.1) is 0 Å². The zero-order valence-corrected chi connectivity index (χ0v) is 13.3. The molecule has 5 nitrogen and oxygen atoms in total. The number of nitrogens with one attached hydrogen (secondary N) is 2. The average Bonchev–Trinajstić information content (AvgIpc) is 2.49. The Morgan fingerprint density at radius 1 is 1.38 bits per heavy atom. The summed E-state index contributed by atoms with van der Waals surface area (Å²) >= 11 is 7.56. The van der Waals surface area contributed by atoms with Crippen LogP contribution in [-0.4, -0.2) is 48.1 Å². The first-order valence-electron chi connectivity index (χ1n) is 6.53. The molecule has 2 amide bonds. The van der Waals surface area contributed by atoms with Gasteiger partial charge >= 0.3 is 0 Å². The molecular weight excluding hydrogens is 312 g/mol. The predicted molar refractivity (Wildman–Crippen MR) is 85.8 cm³/mol. The van der Waals surface area contributed by atoms with Crippen LogP contribution in [-0.2, 0) is 4.79 Å². The van der Waals surface area contributed by atoms with Crippen molar-refractivity contribution in [3.63, 3.8) is 0 Å². The van der Waals surface area contributed by atoms with Gasteiger partial charge in [0.05, 0.1) is 17.2 Å². The number of carbonyl (C=O) groups excluding carboxylic acids is 2. The van der Waals surface area contributed by atoms with Crippen molar-refractivity contribution in [3.05, 3.63) is 34.9 Å². The maximum atomic E-state index is 12.2. The second kappa shape index (κ2) is 9.65. The van der Waals surface area contributed by atoms with E-state index < -0.39 is 6.04 Å². The summed E-state index contributed by atoms with van der Waals surface area (Å²) in [7, 11) is 0. The van der Waals surface area contributed by atoms with E-state index in [1.54, 1.807) is 36.0 Å². The van der Waals surface area contributed by atoms with Crippen LogP contribution in [0.4, 0.5) is 0 Å². The summed E-state index contributed by atoms with van der Waals surface area (Å²) in [6.07, 6.45) is 2.44. The van der Waals surface area contributed by atoms with Crippen molar-refractivity contribution >= 4 is 35.2 Å². The maximum Gasteiger partial charge on any atom is 0.253 e. The van der Waals surface area contributed by atoms with Gasteiger partial charge in [0, 0.05) is 6.54 Å². The van der Waals surface area contributed by atoms with E-state index in [1.807, 2.05) is 6.26 Å². The molecule has 0 aliphatic heterocycles. The van der Waals surface area contributed by atoms with Crippen LogP contribution >= 0.6 is 23.4 Å². The SMILES string of the molecule is CSCCC(NC(=O)c1ccccc1Cl)C(=O)NCCO. The molecule has 0 heterocycles. The van der Waals surface area contributed by atoms with Gasteiger partial charge in [-0.3, -0.25) is 9.59 Å². The molecule has 7 heteroatoms. The largest absolute Gasteiger partial charge is 0.395 e. The van der Waals surface area contributed by atoms with E-state index in [-0.39, 0.29) is 25.0 Å². The monoisotopic (exact) mass is 330 g/mol. The third-order valence-electron chi connectivity index (χ3n) is 2.76. The molecule has 0 saturated heterocycles. The molecule has 0 aromatic heterocycles. The number of rotatable bonds is 8. The van der Waals surface area contributed by atoms with Crippen LogP contribution < -0.4 is 10.6 Å². The Bertz CT molecular complexity index is 485. The van der Waals surface area contributed by atoms with Gasteiger partial charge in [0.2, 0.25) is 5.91 Å². The smallest absolute Gasteiger partial charge is 0.253 e. The van der Waals surface area contributed by atoms with Gasteiger partial charge in [0.15, 0.2) is 0 Å². The van der Waals surface area contributed by atoms with Crippen LogP contribution in [0.15, 0.2) is 24.3 Å². The number of hydrogen-bond acceptors (Lipinski definition) is 4. The zero-order chi connectivity index (χ0) is 15.7. The summed E-state index contributed by atoms with van der Waals surface area (Å²) in [6.45, 7) is 0.0238. The van der Waals surface area contributed by atoms with Gasteiger partial charge in [-0.15, -0.1) is 0 Å². The van der Waals surface area contributed by atoms with E-state index >= 15 is 0 Å². The highest BCUT2D eigenvalue weighted by molar-refractivity contribution is 7.98. The molecule has 0 aliphatic rings. The topological polar surface area (TPSA) is 78.4 Å². The van der Waals surface area contributed by atoms with Crippen molar-refractivity contribution in [1.82, 2.24) is 10.6 Å². The summed E-state index contributed by atoms with van der Waals surface area (Å²) < 4.78 is 0. The first-order chi connectivity index (χ1) is 10.1. The number of halogens is 1. The fourth-order valence-corrected chi connectivity index (χ4v) is 2.38. The second-order valence-corrected chi connectivity index (χ2v) is 5.69. The van der Waals surface area contributed by atoms with Crippen molar-refractivity contribution in [3.8, 4) is 0 Å². The number of aliphatic hydroxyl groups excluding tert-OH is 1. The minimum atomic E-state index is -0.646. The lowest BCUT2D eigenvalue weighted by Crippen LogP contribution is -2.47. The minimum Gasteiger partial charge on any atom is -0.395 e. The molecule has 1 aromatic carbocycles. The van der Waals surface area contributed by atoms with Gasteiger partial charge in [0.1, 0.15) is 6.04 Å². The normalized spacial score (nSPS) is 11.8. The van der Waals surface area contributed by atoms with Crippen LogP contribution in [0.25, 0.3) is 0 Å². The molecule has 1 aromatic rings. The number of hydrogen-bond donors (Lipinski definition) is 3. The molecule has 1 rings (SSSR count). The molecule has 1 unspecified atom stereocenters. The molecular formula is C14H19ClN2O3S. The first kappa shape index (κ1) is 17.8. The highest BCUT2D eigenvalue weighted by Gasteiger charge is 2.21. The third kappa shape index (κ3) is 5.95. The molecule has 0 aliphatic carbocycles. The average molecular weight is 331 g/mol. The van der Waals surface area contributed by atoms with E-state index in [0.29, 0.717) is 17.0 Å². The first-order valence-corrected chi connectivity index (χ1v) is 8.30. The third-order valence-corrected chi connectivity index (χ3v) is 3.74. The number of amides is 2. The maximum absolute atomic E-state index is 12.2. The Hall–Kier alpha value is -1.24. The van der Waals surface area contributed by atoms with E-state index in [0.717, 1.165) is 5.75 Å². The minimum absolute atomic E-state index is 0.139. The van der Waals surface area contributed by atoms with Crippen LogP contribution in [0.2, 0.25) is 5.02 Å². The molecule has 0 radical (unpaired) electrons. The lowest BCUT2D eigenvalue weighted by molar-refractivity contribution is -0.123. The van der Waals surface area contributed by atoms with E-state index in [1.165, 1.54) is 0 Å². The fourth-order valence-electron chi connectivity index (χ4n) is 1.69. The molecule has 3 N–H and O–H groups in total. The number of carbonyl (C=O) groups is 2. The summed E-state index contributed by atoms with van der Waals surface area (Å²) in [4.78, 5) is 24.2. The van der Waals surface area contributed by atoms with E-state index in [4.69, 9.17) is 16.7 Å². The molecule has 0 saturated carbocycles. The van der Waals surface area contributed by atoms with Gasteiger partial charge in [-0.05, 0) is 30.6 Å². The highest BCUT2D eigenvalue weighted by Crippen LogP contribution is 2.15. The van der Waals surface area contributed by atoms with Gasteiger partial charge < -0.3 is 15.7 Å². The Morgan fingerprint density at radius 2 is 2.10 bits per heavy atom. The molecule has 0 spiro atoms. The lowest BCUT2D eigenvalue weighted by atomic mass is 10.1. The van der Waals surface area contributed by atoms with Crippen molar-refractivity contribution < 1.29 is 14.7 Å². The second-order valence-electron chi connectivity index (χ2n) is 4.30. The molecule has 21 heavy (non-hydrogen) atoms. The van der Waals surface area contributed by atoms with Crippen molar-refractivity contribution in [2.24, 2.45) is 0 Å². The van der Waals surface area contributed by atoms with Gasteiger partial charge in [-0.25, -0.2) is 0 Å². The Labute approximate surface area is 133 Å². The van der Waals surface area contributed by atoms with E-state index in [9.17, 15) is 9.59 Å². The number of aliphatic hydroxyl groups is 1. The van der Waals surface area contributed by atoms with Crippen molar-refractivity contribution in [2.75, 3.05) is 25.2 Å². The Kier molecular flexibility index (Phi) is 8.19. The molecule has 1 atom stereocenters. The van der Waals surface area contributed by atoms with Crippen LogP contribution in [0.3, 0.4) is 0 Å².